The molecule has 0 atom stereocenters. The fourth-order valence-corrected chi connectivity index (χ4v) is 3.49. The van der Waals surface area contributed by atoms with Gasteiger partial charge in [-0.25, -0.2) is 9.78 Å². The van der Waals surface area contributed by atoms with Crippen LogP contribution in [0, 0.1) is 0 Å². The van der Waals surface area contributed by atoms with Gasteiger partial charge in [-0.05, 0) is 25.2 Å². The van der Waals surface area contributed by atoms with E-state index in [1.165, 1.54) is 11.3 Å². The molecule has 2 heterocycles. The van der Waals surface area contributed by atoms with Crippen molar-refractivity contribution in [3.05, 3.63) is 40.4 Å². The van der Waals surface area contributed by atoms with Crippen LogP contribution in [0.2, 0.25) is 5.02 Å². The van der Waals surface area contributed by atoms with Gasteiger partial charge >= 0.3 is 6.03 Å². The first-order valence-corrected chi connectivity index (χ1v) is 9.49. The summed E-state index contributed by atoms with van der Waals surface area (Å²) in [5, 5.41) is 8.15. The molecule has 0 spiro atoms. The van der Waals surface area contributed by atoms with E-state index in [1.54, 1.807) is 29.6 Å². The second-order valence-corrected chi connectivity index (χ2v) is 7.39. The standard InChI is InChI=1S/C17H20ClN5O2S/c1-22-5-7-23(8-6-22)15(24)10-14-11-26-17(20-14)21-16(25)19-13-4-2-3-12(18)9-13/h2-4,9,11H,5-8,10H2,1H3,(H2,19,20,21,25). The first-order chi connectivity index (χ1) is 12.5. The Morgan fingerprint density at radius 1 is 1.23 bits per heavy atom. The van der Waals surface area contributed by atoms with Crippen LogP contribution in [0.5, 0.6) is 0 Å². The molecular weight excluding hydrogens is 374 g/mol. The molecule has 9 heteroatoms. The molecule has 0 saturated carbocycles. The summed E-state index contributed by atoms with van der Waals surface area (Å²) in [7, 11) is 2.05. The number of hydrogen-bond acceptors (Lipinski definition) is 5. The van der Waals surface area contributed by atoms with Crippen LogP contribution in [0.25, 0.3) is 0 Å². The quantitative estimate of drug-likeness (QED) is 0.837. The van der Waals surface area contributed by atoms with Crippen molar-refractivity contribution in [2.24, 2.45) is 0 Å². The molecule has 1 saturated heterocycles. The Labute approximate surface area is 161 Å². The number of anilines is 2. The van der Waals surface area contributed by atoms with Crippen LogP contribution in [-0.4, -0.2) is 59.9 Å². The zero-order valence-electron chi connectivity index (χ0n) is 14.4. The number of aromatic nitrogens is 1. The van der Waals surface area contributed by atoms with E-state index in [4.69, 9.17) is 11.6 Å². The van der Waals surface area contributed by atoms with Gasteiger partial charge in [-0.15, -0.1) is 11.3 Å². The highest BCUT2D eigenvalue weighted by Crippen LogP contribution is 2.18. The molecule has 2 N–H and O–H groups in total. The van der Waals surface area contributed by atoms with Gasteiger partial charge in [-0.1, -0.05) is 17.7 Å². The maximum absolute atomic E-state index is 12.3. The number of halogens is 1. The largest absolute Gasteiger partial charge is 0.340 e. The first-order valence-electron chi connectivity index (χ1n) is 8.24. The van der Waals surface area contributed by atoms with Crippen LogP contribution in [0.1, 0.15) is 5.69 Å². The number of nitrogens with zero attached hydrogens (tertiary/aromatic N) is 3. The molecule has 1 fully saturated rings. The van der Waals surface area contributed by atoms with Gasteiger partial charge in [-0.3, -0.25) is 10.1 Å². The first kappa shape index (κ1) is 18.6. The summed E-state index contributed by atoms with van der Waals surface area (Å²) in [6, 6.07) is 6.48. The van der Waals surface area contributed by atoms with Gasteiger partial charge in [0.05, 0.1) is 12.1 Å². The molecule has 1 aromatic carbocycles. The molecule has 0 unspecified atom stereocenters. The lowest BCUT2D eigenvalue weighted by Gasteiger charge is -2.32. The van der Waals surface area contributed by atoms with Crippen LogP contribution < -0.4 is 10.6 Å². The number of urea groups is 1. The lowest BCUT2D eigenvalue weighted by Crippen LogP contribution is -2.47. The Kier molecular flexibility index (Phi) is 6.08. The summed E-state index contributed by atoms with van der Waals surface area (Å²) in [6.45, 7) is 3.26. The van der Waals surface area contributed by atoms with Gasteiger partial charge in [0.25, 0.3) is 0 Å². The molecule has 7 nitrogen and oxygen atoms in total. The summed E-state index contributed by atoms with van der Waals surface area (Å²) < 4.78 is 0. The van der Waals surface area contributed by atoms with Crippen LogP contribution >= 0.6 is 22.9 Å². The van der Waals surface area contributed by atoms with E-state index in [-0.39, 0.29) is 12.3 Å². The Morgan fingerprint density at radius 2 is 2.00 bits per heavy atom. The highest BCUT2D eigenvalue weighted by molar-refractivity contribution is 7.14. The minimum atomic E-state index is -0.404. The van der Waals surface area contributed by atoms with Crippen molar-refractivity contribution in [1.82, 2.24) is 14.8 Å². The van der Waals surface area contributed by atoms with Crippen molar-refractivity contribution in [2.45, 2.75) is 6.42 Å². The lowest BCUT2D eigenvalue weighted by atomic mass is 10.2. The second kappa shape index (κ2) is 8.48. The number of piperazine rings is 1. The van der Waals surface area contributed by atoms with Crippen molar-refractivity contribution in [1.29, 1.82) is 0 Å². The summed E-state index contributed by atoms with van der Waals surface area (Å²) in [4.78, 5) is 32.7. The second-order valence-electron chi connectivity index (χ2n) is 6.09. The number of carbonyl (C=O) groups excluding carboxylic acids is 2. The van der Waals surface area contributed by atoms with E-state index in [0.29, 0.717) is 21.5 Å². The molecular formula is C17H20ClN5O2S. The van der Waals surface area contributed by atoms with E-state index in [0.717, 1.165) is 26.2 Å². The average molecular weight is 394 g/mol. The predicted octanol–water partition coefficient (Wildman–Crippen LogP) is 2.76. The van der Waals surface area contributed by atoms with Gasteiger partial charge in [0.1, 0.15) is 0 Å². The summed E-state index contributed by atoms with van der Waals surface area (Å²) in [6.07, 6.45) is 0.248. The number of rotatable bonds is 4. The van der Waals surface area contributed by atoms with E-state index < -0.39 is 6.03 Å². The molecule has 0 aliphatic carbocycles. The third-order valence-electron chi connectivity index (χ3n) is 4.04. The van der Waals surface area contributed by atoms with Gasteiger partial charge in [-0.2, -0.15) is 0 Å². The Balaban J connectivity index is 1.51. The van der Waals surface area contributed by atoms with Crippen molar-refractivity contribution < 1.29 is 9.59 Å². The summed E-state index contributed by atoms with van der Waals surface area (Å²) >= 11 is 7.18. The molecule has 3 rings (SSSR count). The number of carbonyl (C=O) groups is 2. The molecule has 26 heavy (non-hydrogen) atoms. The fraction of sp³-hybridized carbons (Fsp3) is 0.353. The van der Waals surface area contributed by atoms with Crippen molar-refractivity contribution in [2.75, 3.05) is 43.9 Å². The van der Waals surface area contributed by atoms with Crippen molar-refractivity contribution in [3.8, 4) is 0 Å². The van der Waals surface area contributed by atoms with E-state index >= 15 is 0 Å². The minimum absolute atomic E-state index is 0.0679. The van der Waals surface area contributed by atoms with E-state index in [1.807, 2.05) is 4.90 Å². The third kappa shape index (κ3) is 5.17. The minimum Gasteiger partial charge on any atom is -0.340 e. The van der Waals surface area contributed by atoms with Crippen LogP contribution in [0.15, 0.2) is 29.6 Å². The number of amides is 3. The summed E-state index contributed by atoms with van der Waals surface area (Å²) in [5.41, 5.74) is 1.26. The maximum atomic E-state index is 12.3. The Morgan fingerprint density at radius 3 is 2.73 bits per heavy atom. The number of thiazole rings is 1. The molecule has 0 radical (unpaired) electrons. The normalized spacial score (nSPS) is 14.9. The SMILES string of the molecule is CN1CCN(C(=O)Cc2csc(NC(=O)Nc3cccc(Cl)c3)n2)CC1. The van der Waals surface area contributed by atoms with Crippen molar-refractivity contribution >= 4 is 45.7 Å². The number of nitrogens with one attached hydrogen (secondary N) is 2. The van der Waals surface area contributed by atoms with Crippen LogP contribution in [0.3, 0.4) is 0 Å². The molecule has 1 aliphatic rings. The monoisotopic (exact) mass is 393 g/mol. The van der Waals surface area contributed by atoms with Crippen LogP contribution in [-0.2, 0) is 11.2 Å². The predicted molar refractivity (Wildman–Crippen MR) is 104 cm³/mol. The third-order valence-corrected chi connectivity index (χ3v) is 5.08. The van der Waals surface area contributed by atoms with Gasteiger partial charge in [0.2, 0.25) is 5.91 Å². The van der Waals surface area contributed by atoms with Gasteiger partial charge in [0, 0.05) is 42.3 Å². The van der Waals surface area contributed by atoms with E-state index in [2.05, 4.69) is 27.6 Å². The maximum Gasteiger partial charge on any atom is 0.325 e. The topological polar surface area (TPSA) is 77.6 Å². The molecule has 2 aromatic rings. The fourth-order valence-electron chi connectivity index (χ4n) is 2.59. The average Bonchev–Trinajstić information content (AvgIpc) is 3.02. The Hall–Kier alpha value is -2.16. The lowest BCUT2D eigenvalue weighted by molar-refractivity contribution is -0.132. The van der Waals surface area contributed by atoms with Gasteiger partial charge in [0.15, 0.2) is 5.13 Å². The highest BCUT2D eigenvalue weighted by atomic mass is 35.5. The molecule has 1 aliphatic heterocycles. The Bertz CT molecular complexity index is 789. The molecule has 0 bridgehead atoms. The van der Waals surface area contributed by atoms with Crippen molar-refractivity contribution in [3.63, 3.8) is 0 Å². The van der Waals surface area contributed by atoms with E-state index in [9.17, 15) is 9.59 Å². The zero-order chi connectivity index (χ0) is 18.5. The zero-order valence-corrected chi connectivity index (χ0v) is 15.9. The molecule has 3 amide bonds. The smallest absolute Gasteiger partial charge is 0.325 e. The van der Waals surface area contributed by atoms with Gasteiger partial charge < -0.3 is 15.1 Å². The number of likely N-dealkylation sites (N-methyl/N-ethyl adjacent to an activating group) is 1. The molecule has 138 valence electrons. The summed E-state index contributed by atoms with van der Waals surface area (Å²) in [5.74, 6) is 0.0679. The highest BCUT2D eigenvalue weighted by Gasteiger charge is 2.20. The number of benzene rings is 1. The molecule has 1 aromatic heterocycles. The number of hydrogen-bond donors (Lipinski definition) is 2. The van der Waals surface area contributed by atoms with Crippen LogP contribution in [0.4, 0.5) is 15.6 Å².